The van der Waals surface area contributed by atoms with Gasteiger partial charge in [0.25, 0.3) is 0 Å². The third-order valence-corrected chi connectivity index (χ3v) is 4.71. The predicted molar refractivity (Wildman–Crippen MR) is 74.0 cm³/mol. The summed E-state index contributed by atoms with van der Waals surface area (Å²) in [5, 5.41) is 3.14. The highest BCUT2D eigenvalue weighted by Crippen LogP contribution is 2.33. The molecule has 0 radical (unpaired) electrons. The van der Waals surface area contributed by atoms with Crippen molar-refractivity contribution >= 4 is 0 Å². The molecule has 4 atom stereocenters. The molecule has 0 amide bonds. The summed E-state index contributed by atoms with van der Waals surface area (Å²) in [4.78, 5) is 4.96. The van der Waals surface area contributed by atoms with Crippen molar-refractivity contribution in [3.63, 3.8) is 0 Å². The first kappa shape index (κ1) is 11.6. The van der Waals surface area contributed by atoms with Crippen LogP contribution in [0.25, 0.3) is 0 Å². The molecule has 4 heteroatoms. The van der Waals surface area contributed by atoms with Crippen LogP contribution in [0.1, 0.15) is 12.8 Å². The fourth-order valence-electron chi connectivity index (χ4n) is 3.69. The predicted octanol–water partition coefficient (Wildman–Crippen LogP) is 1.25. The third kappa shape index (κ3) is 1.99. The summed E-state index contributed by atoms with van der Waals surface area (Å²) >= 11 is 0. The molecule has 2 unspecified atom stereocenters. The van der Waals surface area contributed by atoms with E-state index >= 15 is 0 Å². The first-order valence-electron chi connectivity index (χ1n) is 7.28. The van der Waals surface area contributed by atoms with Crippen LogP contribution in [0, 0.1) is 5.92 Å². The van der Waals surface area contributed by atoms with E-state index in [4.69, 9.17) is 4.74 Å². The van der Waals surface area contributed by atoms with Crippen LogP contribution in [0.15, 0.2) is 35.9 Å². The minimum atomic E-state index is 0.0251. The average Bonchev–Trinajstić information content (AvgIpc) is 3.00. The molecule has 19 heavy (non-hydrogen) atoms. The smallest absolute Gasteiger partial charge is 0.170 e. The molecule has 0 aliphatic carbocycles. The molecule has 0 aromatic heterocycles. The van der Waals surface area contributed by atoms with Crippen LogP contribution in [-0.4, -0.2) is 48.8 Å². The molecular formula is C15H21N3O. The summed E-state index contributed by atoms with van der Waals surface area (Å²) in [7, 11) is 1.92. The lowest BCUT2D eigenvalue weighted by atomic mass is 9.95. The molecule has 4 rings (SSSR count). The highest BCUT2D eigenvalue weighted by molar-refractivity contribution is 5.43. The van der Waals surface area contributed by atoms with E-state index in [-0.39, 0.29) is 6.23 Å². The molecule has 2 bridgehead atoms. The number of fused-ring (bicyclic) bond motifs is 3. The van der Waals surface area contributed by atoms with Crippen LogP contribution in [0.5, 0.6) is 0 Å². The van der Waals surface area contributed by atoms with E-state index in [1.165, 1.54) is 38.0 Å². The minimum absolute atomic E-state index is 0.0251. The number of rotatable bonds is 2. The molecule has 1 N–H and O–H groups in total. The largest absolute Gasteiger partial charge is 0.470 e. The van der Waals surface area contributed by atoms with Gasteiger partial charge in [0.05, 0.1) is 0 Å². The Hall–Kier alpha value is -1.26. The average molecular weight is 259 g/mol. The first-order chi connectivity index (χ1) is 9.31. The molecule has 102 valence electrons. The normalized spacial score (nSPS) is 39.7. The van der Waals surface area contributed by atoms with E-state index < -0.39 is 0 Å². The van der Waals surface area contributed by atoms with Gasteiger partial charge in [0.15, 0.2) is 6.23 Å². The molecule has 4 aliphatic heterocycles. The third-order valence-electron chi connectivity index (χ3n) is 4.71. The summed E-state index contributed by atoms with van der Waals surface area (Å²) in [5.41, 5.74) is 1.20. The van der Waals surface area contributed by atoms with Gasteiger partial charge in [0.2, 0.25) is 0 Å². The lowest BCUT2D eigenvalue weighted by molar-refractivity contribution is 0.140. The van der Waals surface area contributed by atoms with Gasteiger partial charge in [-0.25, -0.2) is 0 Å². The SMILES string of the molecule is CNC1C=C2C=CN([C@@H]3C[C@H]4CCN(C4)C3)C=C2O1. The number of likely N-dealkylation sites (N-methyl/N-ethyl adjacent to an activating group) is 1. The summed E-state index contributed by atoms with van der Waals surface area (Å²) in [6, 6.07) is 0.615. The van der Waals surface area contributed by atoms with Crippen LogP contribution in [-0.2, 0) is 4.74 Å². The first-order valence-corrected chi connectivity index (χ1v) is 7.28. The Balaban J connectivity index is 1.51. The number of allylic oxidation sites excluding steroid dienone is 1. The van der Waals surface area contributed by atoms with Crippen LogP contribution in [0.2, 0.25) is 0 Å². The highest BCUT2D eigenvalue weighted by atomic mass is 16.5. The quantitative estimate of drug-likeness (QED) is 0.808. The summed E-state index contributed by atoms with van der Waals surface area (Å²) in [5.74, 6) is 1.91. The minimum Gasteiger partial charge on any atom is -0.470 e. The van der Waals surface area contributed by atoms with E-state index in [0.29, 0.717) is 6.04 Å². The monoisotopic (exact) mass is 259 g/mol. The molecule has 2 saturated heterocycles. The Kier molecular flexibility index (Phi) is 2.67. The van der Waals surface area contributed by atoms with Gasteiger partial charge < -0.3 is 14.5 Å². The molecule has 4 heterocycles. The standard InChI is InChI=1S/C15H21N3O/c1-16-15-7-12-3-5-18(10-14(12)19-15)13-6-11-2-4-17(8-11)9-13/h3,5,7,10-11,13,15-16H,2,4,6,8-9H2,1H3/t11-,13-,15?/m1/s1. The highest BCUT2D eigenvalue weighted by Gasteiger charge is 2.35. The summed E-state index contributed by atoms with van der Waals surface area (Å²) in [6.45, 7) is 3.80. The number of hydrogen-bond acceptors (Lipinski definition) is 4. The maximum absolute atomic E-state index is 5.86. The van der Waals surface area contributed by atoms with Gasteiger partial charge >= 0.3 is 0 Å². The lowest BCUT2D eigenvalue weighted by Gasteiger charge is -2.37. The van der Waals surface area contributed by atoms with E-state index in [1.54, 1.807) is 0 Å². The van der Waals surface area contributed by atoms with Gasteiger partial charge in [-0.3, -0.25) is 5.32 Å². The molecule has 0 saturated carbocycles. The van der Waals surface area contributed by atoms with Gasteiger partial charge in [0.1, 0.15) is 5.76 Å². The van der Waals surface area contributed by atoms with Crippen molar-refractivity contribution in [1.82, 2.24) is 15.1 Å². The van der Waals surface area contributed by atoms with E-state index in [2.05, 4.69) is 39.7 Å². The number of nitrogens with one attached hydrogen (secondary N) is 1. The second-order valence-electron chi connectivity index (χ2n) is 6.01. The Morgan fingerprint density at radius 2 is 2.32 bits per heavy atom. The van der Waals surface area contributed by atoms with Crippen molar-refractivity contribution in [2.45, 2.75) is 25.1 Å². The van der Waals surface area contributed by atoms with E-state index in [9.17, 15) is 0 Å². The Bertz CT molecular complexity index is 456. The summed E-state index contributed by atoms with van der Waals surface area (Å²) in [6.07, 6.45) is 11.4. The second kappa shape index (κ2) is 4.39. The Morgan fingerprint density at radius 3 is 3.16 bits per heavy atom. The maximum Gasteiger partial charge on any atom is 0.170 e. The Labute approximate surface area is 114 Å². The number of piperidine rings is 1. The number of hydrogen-bond donors (Lipinski definition) is 1. The molecule has 4 aliphatic rings. The fraction of sp³-hybridized carbons (Fsp3) is 0.600. The molecular weight excluding hydrogens is 238 g/mol. The van der Waals surface area contributed by atoms with Crippen LogP contribution in [0.4, 0.5) is 0 Å². The molecule has 0 spiro atoms. The van der Waals surface area contributed by atoms with Crippen LogP contribution >= 0.6 is 0 Å². The van der Waals surface area contributed by atoms with Gasteiger partial charge in [-0.05, 0) is 44.5 Å². The fourth-order valence-corrected chi connectivity index (χ4v) is 3.69. The van der Waals surface area contributed by atoms with Crippen molar-refractivity contribution in [3.05, 3.63) is 35.9 Å². The van der Waals surface area contributed by atoms with Crippen LogP contribution in [0.3, 0.4) is 0 Å². The topological polar surface area (TPSA) is 27.7 Å². The second-order valence-corrected chi connectivity index (χ2v) is 6.01. The van der Waals surface area contributed by atoms with Crippen molar-refractivity contribution in [1.29, 1.82) is 0 Å². The van der Waals surface area contributed by atoms with Gasteiger partial charge in [-0.15, -0.1) is 0 Å². The number of nitrogens with zero attached hydrogens (tertiary/aromatic N) is 2. The summed E-state index contributed by atoms with van der Waals surface area (Å²) < 4.78 is 5.86. The van der Waals surface area contributed by atoms with Crippen molar-refractivity contribution in [3.8, 4) is 0 Å². The van der Waals surface area contributed by atoms with Crippen molar-refractivity contribution in [2.24, 2.45) is 5.92 Å². The molecule has 4 nitrogen and oxygen atoms in total. The zero-order chi connectivity index (χ0) is 12.8. The van der Waals surface area contributed by atoms with E-state index in [0.717, 1.165) is 11.7 Å². The molecule has 0 aromatic rings. The maximum atomic E-state index is 5.86. The van der Waals surface area contributed by atoms with E-state index in [1.807, 2.05) is 7.05 Å². The molecule has 0 aromatic carbocycles. The molecule has 2 fully saturated rings. The number of ether oxygens (including phenoxy) is 1. The lowest BCUT2D eigenvalue weighted by Crippen LogP contribution is -2.43. The van der Waals surface area contributed by atoms with Crippen molar-refractivity contribution in [2.75, 3.05) is 26.7 Å². The zero-order valence-electron chi connectivity index (χ0n) is 11.4. The van der Waals surface area contributed by atoms with Crippen molar-refractivity contribution < 1.29 is 4.74 Å². The van der Waals surface area contributed by atoms with Gasteiger partial charge in [0, 0.05) is 37.1 Å². The van der Waals surface area contributed by atoms with Crippen LogP contribution < -0.4 is 5.32 Å². The van der Waals surface area contributed by atoms with Gasteiger partial charge in [-0.2, -0.15) is 0 Å². The Morgan fingerprint density at radius 1 is 1.37 bits per heavy atom. The zero-order valence-corrected chi connectivity index (χ0v) is 11.4. The van der Waals surface area contributed by atoms with Gasteiger partial charge in [-0.1, -0.05) is 0 Å².